The molecule has 3 aliphatic rings. The maximum Gasteiger partial charge on any atom is 0.309 e. The molecule has 2 fully saturated rings. The van der Waals surface area contributed by atoms with Gasteiger partial charge in [-0.05, 0) is 47.7 Å². The van der Waals surface area contributed by atoms with Gasteiger partial charge in [-0.3, -0.25) is 9.69 Å². The van der Waals surface area contributed by atoms with Gasteiger partial charge < -0.3 is 10.0 Å². The fraction of sp³-hybridized carbons (Fsp3) is 0.409. The third kappa shape index (κ3) is 2.90. The lowest BCUT2D eigenvalue weighted by molar-refractivity contribution is -0.148. The number of aliphatic carboxylic acids is 1. The van der Waals surface area contributed by atoms with Crippen molar-refractivity contribution in [1.29, 1.82) is 0 Å². The Morgan fingerprint density at radius 1 is 1.07 bits per heavy atom. The van der Waals surface area contributed by atoms with Crippen molar-refractivity contribution in [2.75, 3.05) is 31.1 Å². The molecule has 4 nitrogen and oxygen atoms in total. The highest BCUT2D eigenvalue weighted by Gasteiger charge is 2.39. The normalized spacial score (nSPS) is 23.0. The zero-order chi connectivity index (χ0) is 18.5. The molecule has 0 radical (unpaired) electrons. The molecular formula is C22H23FN2O2. The van der Waals surface area contributed by atoms with Gasteiger partial charge in [0.15, 0.2) is 0 Å². The van der Waals surface area contributed by atoms with Crippen molar-refractivity contribution in [3.8, 4) is 0 Å². The summed E-state index contributed by atoms with van der Waals surface area (Å²) in [5.74, 6) is -0.557. The first-order valence-electron chi connectivity index (χ1n) is 9.68. The molecule has 0 saturated carbocycles. The molecule has 140 valence electrons. The van der Waals surface area contributed by atoms with Crippen molar-refractivity contribution in [2.24, 2.45) is 5.92 Å². The van der Waals surface area contributed by atoms with E-state index in [0.29, 0.717) is 25.0 Å². The molecule has 1 atom stereocenters. The second-order valence-electron chi connectivity index (χ2n) is 8.08. The van der Waals surface area contributed by atoms with E-state index in [4.69, 9.17) is 5.11 Å². The summed E-state index contributed by atoms with van der Waals surface area (Å²) in [5, 5.41) is 9.09. The van der Waals surface area contributed by atoms with Gasteiger partial charge in [0, 0.05) is 43.8 Å². The Bertz CT molecular complexity index is 888. The van der Waals surface area contributed by atoms with Crippen LogP contribution < -0.4 is 4.90 Å². The minimum atomic E-state index is -0.673. The highest BCUT2D eigenvalue weighted by Crippen LogP contribution is 2.41. The summed E-state index contributed by atoms with van der Waals surface area (Å²) in [7, 11) is 0. The SMILES string of the molecule is O=C(O)C1CN(C2CCc3cc(C4CN(c5cccc(F)c5)C4)ccc32)C1. The number of carboxylic acids is 1. The number of halogens is 1. The van der Waals surface area contributed by atoms with E-state index in [1.54, 1.807) is 12.1 Å². The van der Waals surface area contributed by atoms with Gasteiger partial charge in [-0.25, -0.2) is 4.39 Å². The molecule has 0 aromatic heterocycles. The lowest BCUT2D eigenvalue weighted by Gasteiger charge is -2.42. The van der Waals surface area contributed by atoms with Gasteiger partial charge in [0.1, 0.15) is 5.82 Å². The standard InChI is InChI=1S/C22H23FN2O2/c23-18-2-1-3-19(9-18)24-10-16(11-24)14-4-6-20-15(8-14)5-7-21(20)25-12-17(13-25)22(26)27/h1-4,6,8-9,16-17,21H,5,7,10-13H2,(H,26,27). The van der Waals surface area contributed by atoms with E-state index in [9.17, 15) is 9.18 Å². The molecule has 0 spiro atoms. The van der Waals surface area contributed by atoms with Crippen LogP contribution in [0.2, 0.25) is 0 Å². The summed E-state index contributed by atoms with van der Waals surface area (Å²) in [6.45, 7) is 3.20. The van der Waals surface area contributed by atoms with E-state index >= 15 is 0 Å². The fourth-order valence-electron chi connectivity index (χ4n) is 4.74. The Labute approximate surface area is 158 Å². The molecule has 2 aliphatic heterocycles. The largest absolute Gasteiger partial charge is 0.481 e. The summed E-state index contributed by atoms with van der Waals surface area (Å²) in [6.07, 6.45) is 2.16. The van der Waals surface area contributed by atoms with E-state index in [2.05, 4.69) is 28.0 Å². The van der Waals surface area contributed by atoms with Crippen molar-refractivity contribution >= 4 is 11.7 Å². The number of hydrogen-bond acceptors (Lipinski definition) is 3. The van der Waals surface area contributed by atoms with E-state index in [1.165, 1.54) is 22.8 Å². The van der Waals surface area contributed by atoms with Crippen LogP contribution in [0.4, 0.5) is 10.1 Å². The molecule has 1 aliphatic carbocycles. The van der Waals surface area contributed by atoms with Crippen molar-refractivity contribution in [2.45, 2.75) is 24.8 Å². The average molecular weight is 366 g/mol. The van der Waals surface area contributed by atoms with Crippen LogP contribution in [-0.2, 0) is 11.2 Å². The van der Waals surface area contributed by atoms with Crippen LogP contribution in [-0.4, -0.2) is 42.2 Å². The Hall–Kier alpha value is -2.40. The minimum Gasteiger partial charge on any atom is -0.481 e. The number of nitrogens with zero attached hydrogens (tertiary/aromatic N) is 2. The summed E-state index contributed by atoms with van der Waals surface area (Å²) in [4.78, 5) is 15.6. The maximum absolute atomic E-state index is 13.4. The molecule has 5 rings (SSSR count). The predicted octanol–water partition coefficient (Wildman–Crippen LogP) is 3.43. The number of benzene rings is 2. The van der Waals surface area contributed by atoms with Crippen LogP contribution >= 0.6 is 0 Å². The number of hydrogen-bond donors (Lipinski definition) is 1. The molecule has 2 saturated heterocycles. The quantitative estimate of drug-likeness (QED) is 0.900. The second-order valence-corrected chi connectivity index (χ2v) is 8.08. The smallest absolute Gasteiger partial charge is 0.309 e. The van der Waals surface area contributed by atoms with Gasteiger partial charge in [-0.15, -0.1) is 0 Å². The van der Waals surface area contributed by atoms with Crippen LogP contribution in [0.5, 0.6) is 0 Å². The Morgan fingerprint density at radius 2 is 1.89 bits per heavy atom. The van der Waals surface area contributed by atoms with E-state index in [1.807, 2.05) is 6.07 Å². The monoisotopic (exact) mass is 366 g/mol. The minimum absolute atomic E-state index is 0.185. The number of likely N-dealkylation sites (tertiary alicyclic amines) is 1. The summed E-state index contributed by atoms with van der Waals surface area (Å²) in [5.41, 5.74) is 5.12. The zero-order valence-electron chi connectivity index (χ0n) is 15.1. The highest BCUT2D eigenvalue weighted by atomic mass is 19.1. The summed E-state index contributed by atoms with van der Waals surface area (Å²) < 4.78 is 13.4. The van der Waals surface area contributed by atoms with Gasteiger partial charge in [0.05, 0.1) is 5.92 Å². The molecule has 2 heterocycles. The highest BCUT2D eigenvalue weighted by molar-refractivity contribution is 5.71. The van der Waals surface area contributed by atoms with Crippen molar-refractivity contribution in [3.05, 3.63) is 65.0 Å². The average Bonchev–Trinajstić information content (AvgIpc) is 2.95. The number of anilines is 1. The van der Waals surface area contributed by atoms with Gasteiger partial charge in [-0.2, -0.15) is 0 Å². The van der Waals surface area contributed by atoms with Crippen molar-refractivity contribution in [1.82, 2.24) is 4.90 Å². The fourth-order valence-corrected chi connectivity index (χ4v) is 4.74. The molecule has 1 unspecified atom stereocenters. The number of carboxylic acid groups (broad SMARTS) is 1. The molecule has 5 heteroatoms. The summed E-state index contributed by atoms with van der Waals surface area (Å²) >= 11 is 0. The molecule has 2 aromatic carbocycles. The number of rotatable bonds is 4. The molecular weight excluding hydrogens is 343 g/mol. The van der Waals surface area contributed by atoms with Gasteiger partial charge in [-0.1, -0.05) is 24.3 Å². The van der Waals surface area contributed by atoms with E-state index in [-0.39, 0.29) is 11.7 Å². The first-order chi connectivity index (χ1) is 13.1. The Kier molecular flexibility index (Phi) is 3.93. The Morgan fingerprint density at radius 3 is 2.63 bits per heavy atom. The maximum atomic E-state index is 13.4. The molecule has 2 aromatic rings. The lowest BCUT2D eigenvalue weighted by atomic mass is 9.88. The third-order valence-corrected chi connectivity index (χ3v) is 6.44. The number of aryl methyl sites for hydroxylation is 1. The topological polar surface area (TPSA) is 43.8 Å². The van der Waals surface area contributed by atoms with Crippen LogP contribution in [0.15, 0.2) is 42.5 Å². The van der Waals surface area contributed by atoms with Crippen molar-refractivity contribution in [3.63, 3.8) is 0 Å². The molecule has 27 heavy (non-hydrogen) atoms. The third-order valence-electron chi connectivity index (χ3n) is 6.44. The number of carbonyl (C=O) groups is 1. The molecule has 0 bridgehead atoms. The van der Waals surface area contributed by atoms with Gasteiger partial charge in [0.2, 0.25) is 0 Å². The van der Waals surface area contributed by atoms with Crippen LogP contribution in [0.3, 0.4) is 0 Å². The first-order valence-corrected chi connectivity index (χ1v) is 9.68. The van der Waals surface area contributed by atoms with E-state index < -0.39 is 5.97 Å². The van der Waals surface area contributed by atoms with Crippen LogP contribution in [0, 0.1) is 11.7 Å². The van der Waals surface area contributed by atoms with E-state index in [0.717, 1.165) is 31.6 Å². The molecule has 1 N–H and O–H groups in total. The molecule has 0 amide bonds. The van der Waals surface area contributed by atoms with Crippen LogP contribution in [0.25, 0.3) is 0 Å². The zero-order valence-corrected chi connectivity index (χ0v) is 15.1. The first kappa shape index (κ1) is 16.8. The van der Waals surface area contributed by atoms with Crippen LogP contribution in [0.1, 0.15) is 35.1 Å². The second kappa shape index (κ2) is 6.34. The number of fused-ring (bicyclic) bond motifs is 1. The lowest BCUT2D eigenvalue weighted by Crippen LogP contribution is -2.51. The van der Waals surface area contributed by atoms with Gasteiger partial charge in [0.25, 0.3) is 0 Å². The van der Waals surface area contributed by atoms with Crippen molar-refractivity contribution < 1.29 is 14.3 Å². The Balaban J connectivity index is 1.25. The summed E-state index contributed by atoms with van der Waals surface area (Å²) in [6, 6.07) is 14.0. The van der Waals surface area contributed by atoms with Gasteiger partial charge >= 0.3 is 5.97 Å². The predicted molar refractivity (Wildman–Crippen MR) is 102 cm³/mol.